The second-order valence-corrected chi connectivity index (χ2v) is 4.70. The number of aromatic amines is 1. The van der Waals surface area contributed by atoms with Crippen LogP contribution in [-0.2, 0) is 5.41 Å². The molecule has 2 nitrogen and oxygen atoms in total. The van der Waals surface area contributed by atoms with Crippen molar-refractivity contribution in [2.75, 3.05) is 0 Å². The Hall–Kier alpha value is -0.310. The van der Waals surface area contributed by atoms with Gasteiger partial charge in [-0.2, -0.15) is 0 Å². The van der Waals surface area contributed by atoms with Crippen LogP contribution in [0.25, 0.3) is 0 Å². The van der Waals surface area contributed by atoms with Gasteiger partial charge in [0.1, 0.15) is 10.4 Å². The van der Waals surface area contributed by atoms with Gasteiger partial charge in [-0.25, -0.2) is 4.98 Å². The molecule has 2 rings (SSSR count). The molecule has 1 N–H and O–H groups in total. The number of hydrogen-bond acceptors (Lipinski definition) is 1. The quantitative estimate of drug-likeness (QED) is 0.787. The van der Waals surface area contributed by atoms with Crippen LogP contribution in [0.15, 0.2) is 10.8 Å². The maximum atomic E-state index is 4.37. The average molecular weight is 229 g/mol. The molecule has 1 aromatic rings. The SMILES string of the molecule is CC1(c2ncc(Br)[nH]2)CCCC1. The molecule has 12 heavy (non-hydrogen) atoms. The van der Waals surface area contributed by atoms with E-state index >= 15 is 0 Å². The molecule has 0 saturated heterocycles. The Morgan fingerprint density at radius 2 is 2.17 bits per heavy atom. The van der Waals surface area contributed by atoms with Crippen LogP contribution in [-0.4, -0.2) is 9.97 Å². The summed E-state index contributed by atoms with van der Waals surface area (Å²) in [5.74, 6) is 1.15. The van der Waals surface area contributed by atoms with Gasteiger partial charge >= 0.3 is 0 Å². The van der Waals surface area contributed by atoms with E-state index in [2.05, 4.69) is 32.8 Å². The molecule has 0 bridgehead atoms. The fourth-order valence-corrected chi connectivity index (χ4v) is 2.29. The lowest BCUT2D eigenvalue weighted by atomic mass is 9.88. The van der Waals surface area contributed by atoms with Gasteiger partial charge in [0.05, 0.1) is 6.20 Å². The third-order valence-corrected chi connectivity index (χ3v) is 3.23. The number of nitrogens with one attached hydrogen (secondary N) is 1. The third kappa shape index (κ3) is 1.30. The van der Waals surface area contributed by atoms with E-state index in [1.54, 1.807) is 0 Å². The number of hydrogen-bond donors (Lipinski definition) is 1. The lowest BCUT2D eigenvalue weighted by Crippen LogP contribution is -2.18. The number of aromatic nitrogens is 2. The summed E-state index contributed by atoms with van der Waals surface area (Å²) in [5.41, 5.74) is 0.312. The molecule has 1 fully saturated rings. The van der Waals surface area contributed by atoms with E-state index in [-0.39, 0.29) is 0 Å². The van der Waals surface area contributed by atoms with E-state index in [1.807, 2.05) is 6.20 Å². The molecule has 0 radical (unpaired) electrons. The van der Waals surface area contributed by atoms with Crippen molar-refractivity contribution in [3.63, 3.8) is 0 Å². The van der Waals surface area contributed by atoms with Crippen LogP contribution in [0.3, 0.4) is 0 Å². The lowest BCUT2D eigenvalue weighted by Gasteiger charge is -2.19. The van der Waals surface area contributed by atoms with E-state index in [0.29, 0.717) is 5.41 Å². The van der Waals surface area contributed by atoms with Gasteiger partial charge in [-0.3, -0.25) is 0 Å². The second-order valence-electron chi connectivity index (χ2n) is 3.85. The van der Waals surface area contributed by atoms with Crippen molar-refractivity contribution in [2.45, 2.75) is 38.0 Å². The summed E-state index contributed by atoms with van der Waals surface area (Å²) in [5, 5.41) is 0. The van der Waals surface area contributed by atoms with Gasteiger partial charge in [0.15, 0.2) is 0 Å². The Balaban J connectivity index is 2.28. The van der Waals surface area contributed by atoms with Gasteiger partial charge in [-0.1, -0.05) is 19.8 Å². The predicted molar refractivity (Wildman–Crippen MR) is 52.1 cm³/mol. The van der Waals surface area contributed by atoms with Crippen LogP contribution in [0, 0.1) is 0 Å². The van der Waals surface area contributed by atoms with Crippen molar-refractivity contribution in [3.05, 3.63) is 16.6 Å². The molecule has 1 aromatic heterocycles. The minimum absolute atomic E-state index is 0.312. The number of nitrogens with zero attached hydrogens (tertiary/aromatic N) is 1. The molecule has 1 aliphatic carbocycles. The molecule has 0 atom stereocenters. The molecule has 0 aromatic carbocycles. The summed E-state index contributed by atoms with van der Waals surface area (Å²) < 4.78 is 0.991. The van der Waals surface area contributed by atoms with Crippen LogP contribution >= 0.6 is 15.9 Å². The first-order valence-corrected chi connectivity index (χ1v) is 5.21. The Morgan fingerprint density at radius 3 is 2.67 bits per heavy atom. The minimum atomic E-state index is 0.312. The summed E-state index contributed by atoms with van der Waals surface area (Å²) in [7, 11) is 0. The van der Waals surface area contributed by atoms with E-state index in [9.17, 15) is 0 Å². The monoisotopic (exact) mass is 228 g/mol. The molecule has 1 heterocycles. The van der Waals surface area contributed by atoms with E-state index in [1.165, 1.54) is 25.7 Å². The molecule has 1 saturated carbocycles. The van der Waals surface area contributed by atoms with Gasteiger partial charge in [0.25, 0.3) is 0 Å². The first kappa shape index (κ1) is 8.30. The molecule has 0 spiro atoms. The highest BCUT2D eigenvalue weighted by atomic mass is 79.9. The van der Waals surface area contributed by atoms with Gasteiger partial charge in [-0.15, -0.1) is 0 Å². The van der Waals surface area contributed by atoms with Gasteiger partial charge in [0.2, 0.25) is 0 Å². The highest BCUT2D eigenvalue weighted by Crippen LogP contribution is 2.39. The first-order chi connectivity index (χ1) is 5.71. The highest BCUT2D eigenvalue weighted by molar-refractivity contribution is 9.10. The van der Waals surface area contributed by atoms with E-state index < -0.39 is 0 Å². The molecular weight excluding hydrogens is 216 g/mol. The summed E-state index contributed by atoms with van der Waals surface area (Å²) >= 11 is 3.39. The minimum Gasteiger partial charge on any atom is -0.336 e. The Bertz CT molecular complexity index is 274. The lowest BCUT2D eigenvalue weighted by molar-refractivity contribution is 0.463. The fourth-order valence-electron chi connectivity index (χ4n) is 2.00. The topological polar surface area (TPSA) is 28.7 Å². The van der Waals surface area contributed by atoms with Crippen LogP contribution < -0.4 is 0 Å². The number of halogens is 1. The Labute approximate surface area is 80.9 Å². The normalized spacial score (nSPS) is 21.5. The van der Waals surface area contributed by atoms with Crippen LogP contribution in [0.2, 0.25) is 0 Å². The number of imidazole rings is 1. The molecule has 0 amide bonds. The molecule has 66 valence electrons. The summed E-state index contributed by atoms with van der Waals surface area (Å²) in [6, 6.07) is 0. The Morgan fingerprint density at radius 1 is 1.50 bits per heavy atom. The van der Waals surface area contributed by atoms with Crippen LogP contribution in [0.5, 0.6) is 0 Å². The molecule has 1 aliphatic rings. The highest BCUT2D eigenvalue weighted by Gasteiger charge is 2.32. The largest absolute Gasteiger partial charge is 0.336 e. The number of rotatable bonds is 1. The standard InChI is InChI=1S/C9H13BrN2/c1-9(4-2-3-5-9)8-11-6-7(10)12-8/h6H,2-5H2,1H3,(H,11,12). The van der Waals surface area contributed by atoms with Crippen molar-refractivity contribution in [1.29, 1.82) is 0 Å². The molecule has 0 unspecified atom stereocenters. The summed E-state index contributed by atoms with van der Waals surface area (Å²) in [6.07, 6.45) is 7.07. The first-order valence-electron chi connectivity index (χ1n) is 4.42. The van der Waals surface area contributed by atoms with Crippen LogP contribution in [0.1, 0.15) is 38.4 Å². The fraction of sp³-hybridized carbons (Fsp3) is 0.667. The number of H-pyrrole nitrogens is 1. The van der Waals surface area contributed by atoms with Gasteiger partial charge < -0.3 is 4.98 Å². The zero-order valence-corrected chi connectivity index (χ0v) is 8.82. The second kappa shape index (κ2) is 2.87. The van der Waals surface area contributed by atoms with Crippen molar-refractivity contribution in [3.8, 4) is 0 Å². The molecular formula is C9H13BrN2. The van der Waals surface area contributed by atoms with Crippen molar-refractivity contribution in [1.82, 2.24) is 9.97 Å². The summed E-state index contributed by atoms with van der Waals surface area (Å²) in [4.78, 5) is 7.63. The summed E-state index contributed by atoms with van der Waals surface area (Å²) in [6.45, 7) is 2.30. The van der Waals surface area contributed by atoms with Crippen molar-refractivity contribution < 1.29 is 0 Å². The predicted octanol–water partition coefficient (Wildman–Crippen LogP) is 3.00. The third-order valence-electron chi connectivity index (χ3n) is 2.82. The molecule has 0 aliphatic heterocycles. The van der Waals surface area contributed by atoms with Crippen molar-refractivity contribution >= 4 is 15.9 Å². The maximum Gasteiger partial charge on any atom is 0.112 e. The van der Waals surface area contributed by atoms with Crippen molar-refractivity contribution in [2.24, 2.45) is 0 Å². The van der Waals surface area contributed by atoms with E-state index in [4.69, 9.17) is 0 Å². The van der Waals surface area contributed by atoms with Gasteiger partial charge in [-0.05, 0) is 28.8 Å². The zero-order chi connectivity index (χ0) is 8.60. The smallest absolute Gasteiger partial charge is 0.112 e. The van der Waals surface area contributed by atoms with Gasteiger partial charge in [0, 0.05) is 5.41 Å². The maximum absolute atomic E-state index is 4.37. The van der Waals surface area contributed by atoms with E-state index in [0.717, 1.165) is 10.4 Å². The zero-order valence-electron chi connectivity index (χ0n) is 7.23. The van der Waals surface area contributed by atoms with Crippen LogP contribution in [0.4, 0.5) is 0 Å². The average Bonchev–Trinajstić information content (AvgIpc) is 2.59. The Kier molecular flexibility index (Phi) is 1.99. The molecule has 3 heteroatoms.